The van der Waals surface area contributed by atoms with Crippen molar-refractivity contribution in [2.45, 2.75) is 45.2 Å². The van der Waals surface area contributed by atoms with Crippen molar-refractivity contribution in [2.75, 3.05) is 19.4 Å². The minimum atomic E-state index is -0.484. The molecule has 1 aliphatic heterocycles. The molecule has 1 fully saturated rings. The summed E-state index contributed by atoms with van der Waals surface area (Å²) in [5.41, 5.74) is 6.93. The summed E-state index contributed by atoms with van der Waals surface area (Å²) in [5, 5.41) is 0. The van der Waals surface area contributed by atoms with Gasteiger partial charge in [0.05, 0.1) is 12.8 Å². The number of likely N-dealkylation sites (tertiary alicyclic amines) is 1. The minimum Gasteiger partial charge on any atom is -0.467 e. The van der Waals surface area contributed by atoms with Gasteiger partial charge in [0.2, 0.25) is 0 Å². The van der Waals surface area contributed by atoms with Crippen molar-refractivity contribution in [1.29, 1.82) is 0 Å². The lowest BCUT2D eigenvalue weighted by atomic mass is 10.0. The number of amides is 1. The average molecular weight is 293 g/mol. The highest BCUT2D eigenvalue weighted by Crippen LogP contribution is 2.22. The summed E-state index contributed by atoms with van der Waals surface area (Å²) in [7, 11) is 1.36. The second kappa shape index (κ2) is 6.65. The van der Waals surface area contributed by atoms with E-state index >= 15 is 0 Å². The molecule has 0 saturated carbocycles. The van der Waals surface area contributed by atoms with Crippen LogP contribution in [0.1, 0.15) is 43.1 Å². The van der Waals surface area contributed by atoms with Gasteiger partial charge in [-0.3, -0.25) is 4.79 Å². The van der Waals surface area contributed by atoms with Crippen molar-refractivity contribution in [3.63, 3.8) is 0 Å². The van der Waals surface area contributed by atoms with Crippen LogP contribution in [-0.4, -0.2) is 41.0 Å². The van der Waals surface area contributed by atoms with E-state index in [4.69, 9.17) is 10.5 Å². The van der Waals surface area contributed by atoms with E-state index < -0.39 is 6.04 Å². The zero-order valence-electron chi connectivity index (χ0n) is 12.7. The van der Waals surface area contributed by atoms with Crippen LogP contribution < -0.4 is 5.73 Å². The Morgan fingerprint density at radius 1 is 1.43 bits per heavy atom. The summed E-state index contributed by atoms with van der Waals surface area (Å²) in [5.74, 6) is -0.486. The Morgan fingerprint density at radius 3 is 2.86 bits per heavy atom. The fraction of sp³-hybridized carbons (Fsp3) is 0.600. The molecule has 2 rings (SSSR count). The number of carbonyl (C=O) groups excluding carboxylic acids is 2. The summed E-state index contributed by atoms with van der Waals surface area (Å²) < 4.78 is 6.69. The number of hydrogen-bond donors (Lipinski definition) is 1. The predicted molar refractivity (Wildman–Crippen MR) is 79.8 cm³/mol. The number of nitrogens with two attached hydrogens (primary N) is 1. The van der Waals surface area contributed by atoms with Crippen molar-refractivity contribution in [3.05, 3.63) is 18.0 Å². The first-order valence-corrected chi connectivity index (χ1v) is 7.43. The van der Waals surface area contributed by atoms with Gasteiger partial charge in [0, 0.05) is 19.3 Å². The van der Waals surface area contributed by atoms with Crippen molar-refractivity contribution in [1.82, 2.24) is 9.47 Å². The number of carbonyl (C=O) groups is 2. The average Bonchev–Trinajstić information content (AvgIpc) is 2.87. The van der Waals surface area contributed by atoms with Gasteiger partial charge < -0.3 is 19.9 Å². The molecule has 116 valence electrons. The molecule has 0 radical (unpaired) electrons. The molecule has 0 bridgehead atoms. The molecular weight excluding hydrogens is 270 g/mol. The maximum Gasteiger partial charge on any atom is 0.328 e. The smallest absolute Gasteiger partial charge is 0.328 e. The number of nitrogens with zero attached hydrogens (tertiary/aromatic N) is 2. The maximum absolute atomic E-state index is 12.8. The molecule has 1 unspecified atom stereocenters. The largest absolute Gasteiger partial charge is 0.467 e. The van der Waals surface area contributed by atoms with Gasteiger partial charge >= 0.3 is 5.97 Å². The minimum absolute atomic E-state index is 0.143. The number of ether oxygens (including phenoxy) is 1. The topological polar surface area (TPSA) is 77.6 Å². The number of anilines is 1. The number of aryl methyl sites for hydroxylation is 1. The first kappa shape index (κ1) is 15.4. The monoisotopic (exact) mass is 293 g/mol. The zero-order valence-corrected chi connectivity index (χ0v) is 12.7. The van der Waals surface area contributed by atoms with Crippen LogP contribution in [0.25, 0.3) is 0 Å². The van der Waals surface area contributed by atoms with Crippen LogP contribution >= 0.6 is 0 Å². The van der Waals surface area contributed by atoms with Crippen LogP contribution in [0.2, 0.25) is 0 Å². The molecule has 0 aliphatic carbocycles. The van der Waals surface area contributed by atoms with Crippen LogP contribution in [0.4, 0.5) is 5.69 Å². The molecule has 2 heterocycles. The third kappa shape index (κ3) is 3.20. The van der Waals surface area contributed by atoms with E-state index in [9.17, 15) is 9.59 Å². The van der Waals surface area contributed by atoms with Crippen LogP contribution in [0.3, 0.4) is 0 Å². The molecule has 0 spiro atoms. The van der Waals surface area contributed by atoms with Gasteiger partial charge in [-0.15, -0.1) is 0 Å². The fourth-order valence-corrected chi connectivity index (χ4v) is 2.84. The molecule has 21 heavy (non-hydrogen) atoms. The standard InChI is InChI=1S/C15H23N3O3/c1-3-7-17-10-11(16)9-13(17)14(19)18-8-5-4-6-12(18)15(20)21-2/h9-10,12H,3-8,16H2,1-2H3. The molecule has 1 atom stereocenters. The Bertz CT molecular complexity index is 524. The van der Waals surface area contributed by atoms with Gasteiger partial charge in [-0.1, -0.05) is 6.92 Å². The van der Waals surface area contributed by atoms with Crippen LogP contribution in [0.5, 0.6) is 0 Å². The molecule has 1 aliphatic rings. The predicted octanol–water partition coefficient (Wildman–Crippen LogP) is 1.65. The van der Waals surface area contributed by atoms with Crippen molar-refractivity contribution in [2.24, 2.45) is 0 Å². The second-order valence-electron chi connectivity index (χ2n) is 5.39. The quantitative estimate of drug-likeness (QED) is 0.856. The van der Waals surface area contributed by atoms with Crippen LogP contribution in [0, 0.1) is 0 Å². The lowest BCUT2D eigenvalue weighted by molar-refractivity contribution is -0.147. The van der Waals surface area contributed by atoms with E-state index in [2.05, 4.69) is 0 Å². The summed E-state index contributed by atoms with van der Waals surface area (Å²) in [6.45, 7) is 3.35. The number of esters is 1. The van der Waals surface area contributed by atoms with Crippen LogP contribution in [0.15, 0.2) is 12.3 Å². The molecule has 1 aromatic rings. The lowest BCUT2D eigenvalue weighted by Crippen LogP contribution is -2.48. The van der Waals surface area contributed by atoms with Gasteiger partial charge in [0.1, 0.15) is 11.7 Å². The number of nitrogen functional groups attached to an aromatic ring is 1. The maximum atomic E-state index is 12.8. The van der Waals surface area contributed by atoms with Gasteiger partial charge in [-0.2, -0.15) is 0 Å². The normalized spacial score (nSPS) is 18.6. The number of rotatable bonds is 4. The molecular formula is C15H23N3O3. The van der Waals surface area contributed by atoms with Crippen molar-refractivity contribution in [3.8, 4) is 0 Å². The van der Waals surface area contributed by atoms with E-state index in [0.717, 1.165) is 25.8 Å². The van der Waals surface area contributed by atoms with Crippen molar-refractivity contribution >= 4 is 17.6 Å². The first-order chi connectivity index (χ1) is 10.1. The van der Waals surface area contributed by atoms with E-state index in [1.54, 1.807) is 17.2 Å². The molecule has 6 nitrogen and oxygen atoms in total. The highest BCUT2D eigenvalue weighted by Gasteiger charge is 2.34. The van der Waals surface area contributed by atoms with Gasteiger partial charge in [-0.05, 0) is 31.7 Å². The van der Waals surface area contributed by atoms with Crippen LogP contribution in [-0.2, 0) is 16.1 Å². The number of piperidine rings is 1. The zero-order chi connectivity index (χ0) is 15.4. The third-order valence-electron chi connectivity index (χ3n) is 3.84. The van der Waals surface area contributed by atoms with Gasteiger partial charge in [0.25, 0.3) is 5.91 Å². The van der Waals surface area contributed by atoms with Gasteiger partial charge in [-0.25, -0.2) is 4.79 Å². The second-order valence-corrected chi connectivity index (χ2v) is 5.39. The molecule has 1 aromatic heterocycles. The molecule has 2 N–H and O–H groups in total. The number of aromatic nitrogens is 1. The van der Waals surface area contributed by atoms with E-state index in [1.165, 1.54) is 7.11 Å². The Morgan fingerprint density at radius 2 is 2.19 bits per heavy atom. The van der Waals surface area contributed by atoms with E-state index in [0.29, 0.717) is 24.3 Å². The lowest BCUT2D eigenvalue weighted by Gasteiger charge is -2.33. The molecule has 6 heteroatoms. The Balaban J connectivity index is 2.26. The number of methoxy groups -OCH3 is 1. The SMILES string of the molecule is CCCn1cc(N)cc1C(=O)N1CCCCC1C(=O)OC. The van der Waals surface area contributed by atoms with E-state index in [-0.39, 0.29) is 11.9 Å². The molecule has 1 amide bonds. The fourth-order valence-electron chi connectivity index (χ4n) is 2.84. The van der Waals surface area contributed by atoms with Gasteiger partial charge in [0.15, 0.2) is 0 Å². The van der Waals surface area contributed by atoms with E-state index in [1.807, 2.05) is 11.5 Å². The highest BCUT2D eigenvalue weighted by atomic mass is 16.5. The third-order valence-corrected chi connectivity index (χ3v) is 3.84. The Labute approximate surface area is 124 Å². The van der Waals surface area contributed by atoms with Crippen molar-refractivity contribution < 1.29 is 14.3 Å². The first-order valence-electron chi connectivity index (χ1n) is 7.43. The molecule has 0 aromatic carbocycles. The summed E-state index contributed by atoms with van der Waals surface area (Å²) in [6.07, 6.45) is 5.18. The highest BCUT2D eigenvalue weighted by molar-refractivity contribution is 5.96. The summed E-state index contributed by atoms with van der Waals surface area (Å²) in [4.78, 5) is 26.3. The molecule has 1 saturated heterocycles. The Hall–Kier alpha value is -1.98. The summed E-state index contributed by atoms with van der Waals surface area (Å²) >= 11 is 0. The summed E-state index contributed by atoms with van der Waals surface area (Å²) in [6, 6.07) is 1.20. The Kier molecular flexibility index (Phi) is 4.88. The number of hydrogen-bond acceptors (Lipinski definition) is 4.